The molecule has 0 fully saturated rings. The van der Waals surface area contributed by atoms with E-state index in [0.29, 0.717) is 24.7 Å². The third-order valence-corrected chi connectivity index (χ3v) is 2.62. The van der Waals surface area contributed by atoms with Gasteiger partial charge in [-0.2, -0.15) is 0 Å². The molecule has 0 atom stereocenters. The van der Waals surface area contributed by atoms with Crippen molar-refractivity contribution in [2.45, 2.75) is 6.92 Å². The van der Waals surface area contributed by atoms with Gasteiger partial charge in [0.2, 0.25) is 0 Å². The highest BCUT2D eigenvalue weighted by atomic mass is 35.5. The standard InChI is InChI=1S/C14H22N2O3.ClH/c1-4-18-12-7-5-6-8-13(12)19-11-14(17)16(3)10-9-15-2;/h5-8,15H,4,9-11H2,1-3H3;1H. The van der Waals surface area contributed by atoms with Gasteiger partial charge < -0.3 is 19.7 Å². The first-order chi connectivity index (χ1) is 9.19. The summed E-state index contributed by atoms with van der Waals surface area (Å²) >= 11 is 0. The summed E-state index contributed by atoms with van der Waals surface area (Å²) in [5.41, 5.74) is 0. The predicted molar refractivity (Wildman–Crippen MR) is 81.9 cm³/mol. The Morgan fingerprint density at radius 1 is 1.25 bits per heavy atom. The zero-order valence-electron chi connectivity index (χ0n) is 12.2. The van der Waals surface area contributed by atoms with Gasteiger partial charge in [-0.1, -0.05) is 12.1 Å². The summed E-state index contributed by atoms with van der Waals surface area (Å²) in [6, 6.07) is 7.35. The number of ether oxygens (including phenoxy) is 2. The lowest BCUT2D eigenvalue weighted by molar-refractivity contribution is -0.132. The molecule has 5 nitrogen and oxygen atoms in total. The average molecular weight is 303 g/mol. The average Bonchev–Trinajstić information content (AvgIpc) is 2.43. The number of nitrogens with one attached hydrogen (secondary N) is 1. The van der Waals surface area contributed by atoms with Gasteiger partial charge >= 0.3 is 0 Å². The minimum atomic E-state index is -0.0541. The summed E-state index contributed by atoms with van der Waals surface area (Å²) in [5.74, 6) is 1.21. The minimum absolute atomic E-state index is 0. The number of hydrogen-bond donors (Lipinski definition) is 1. The summed E-state index contributed by atoms with van der Waals surface area (Å²) in [7, 11) is 3.62. The number of benzene rings is 1. The van der Waals surface area contributed by atoms with Crippen molar-refractivity contribution in [3.63, 3.8) is 0 Å². The molecular formula is C14H23ClN2O3. The quantitative estimate of drug-likeness (QED) is 0.792. The van der Waals surface area contributed by atoms with Crippen molar-refractivity contribution >= 4 is 18.3 Å². The molecule has 0 spiro atoms. The van der Waals surface area contributed by atoms with Crippen LogP contribution in [-0.4, -0.2) is 51.2 Å². The monoisotopic (exact) mass is 302 g/mol. The zero-order chi connectivity index (χ0) is 14.1. The molecular weight excluding hydrogens is 280 g/mol. The largest absolute Gasteiger partial charge is 0.490 e. The normalized spacial score (nSPS) is 9.55. The molecule has 0 heterocycles. The van der Waals surface area contributed by atoms with Crippen LogP contribution < -0.4 is 14.8 Å². The van der Waals surface area contributed by atoms with Crippen LogP contribution in [0.1, 0.15) is 6.92 Å². The molecule has 1 amide bonds. The van der Waals surface area contributed by atoms with Gasteiger partial charge in [0.05, 0.1) is 6.61 Å². The van der Waals surface area contributed by atoms with Crippen molar-refractivity contribution in [1.82, 2.24) is 10.2 Å². The number of carbonyl (C=O) groups is 1. The molecule has 0 aromatic heterocycles. The summed E-state index contributed by atoms with van der Waals surface area (Å²) in [6.07, 6.45) is 0. The molecule has 1 aromatic carbocycles. The van der Waals surface area contributed by atoms with Crippen LogP contribution in [0.15, 0.2) is 24.3 Å². The Labute approximate surface area is 126 Å². The first-order valence-electron chi connectivity index (χ1n) is 6.42. The van der Waals surface area contributed by atoms with Crippen LogP contribution in [0, 0.1) is 0 Å². The molecule has 0 aliphatic carbocycles. The summed E-state index contributed by atoms with van der Waals surface area (Å²) in [6.45, 7) is 3.91. The Morgan fingerprint density at radius 3 is 2.40 bits per heavy atom. The maximum atomic E-state index is 11.8. The van der Waals surface area contributed by atoms with Gasteiger partial charge in [0.25, 0.3) is 5.91 Å². The van der Waals surface area contributed by atoms with Crippen molar-refractivity contribution in [3.05, 3.63) is 24.3 Å². The summed E-state index contributed by atoms with van der Waals surface area (Å²) in [5, 5.41) is 3.00. The molecule has 1 rings (SSSR count). The van der Waals surface area contributed by atoms with Crippen molar-refractivity contribution < 1.29 is 14.3 Å². The van der Waals surface area contributed by atoms with Crippen LogP contribution in [0.5, 0.6) is 11.5 Å². The molecule has 114 valence electrons. The van der Waals surface area contributed by atoms with E-state index in [4.69, 9.17) is 9.47 Å². The topological polar surface area (TPSA) is 50.8 Å². The Kier molecular flexibility index (Phi) is 9.59. The lowest BCUT2D eigenvalue weighted by atomic mass is 10.3. The number of nitrogens with zero attached hydrogens (tertiary/aromatic N) is 1. The van der Waals surface area contributed by atoms with E-state index in [0.717, 1.165) is 6.54 Å². The second kappa shape index (κ2) is 10.3. The number of hydrogen-bond acceptors (Lipinski definition) is 4. The number of likely N-dealkylation sites (N-methyl/N-ethyl adjacent to an activating group) is 2. The Hall–Kier alpha value is -1.46. The molecule has 0 aliphatic heterocycles. The van der Waals surface area contributed by atoms with Crippen LogP contribution in [-0.2, 0) is 4.79 Å². The van der Waals surface area contributed by atoms with E-state index in [1.165, 1.54) is 0 Å². The maximum absolute atomic E-state index is 11.8. The molecule has 6 heteroatoms. The van der Waals surface area contributed by atoms with Crippen molar-refractivity contribution in [1.29, 1.82) is 0 Å². The second-order valence-corrected chi connectivity index (χ2v) is 4.09. The van der Waals surface area contributed by atoms with Gasteiger partial charge in [0.1, 0.15) is 0 Å². The highest BCUT2D eigenvalue weighted by Crippen LogP contribution is 2.26. The zero-order valence-corrected chi connectivity index (χ0v) is 13.0. The predicted octanol–water partition coefficient (Wildman–Crippen LogP) is 1.56. The van der Waals surface area contributed by atoms with Gasteiger partial charge in [-0.05, 0) is 26.1 Å². The van der Waals surface area contributed by atoms with Gasteiger partial charge in [-0.25, -0.2) is 0 Å². The highest BCUT2D eigenvalue weighted by Gasteiger charge is 2.10. The molecule has 0 saturated carbocycles. The number of amides is 1. The van der Waals surface area contributed by atoms with E-state index in [2.05, 4.69) is 5.32 Å². The third-order valence-electron chi connectivity index (χ3n) is 2.62. The molecule has 0 saturated heterocycles. The second-order valence-electron chi connectivity index (χ2n) is 4.09. The molecule has 0 unspecified atom stereocenters. The van der Waals surface area contributed by atoms with Gasteiger partial charge in [0, 0.05) is 20.1 Å². The van der Waals surface area contributed by atoms with Crippen molar-refractivity contribution in [2.24, 2.45) is 0 Å². The molecule has 20 heavy (non-hydrogen) atoms. The number of rotatable bonds is 8. The molecule has 0 bridgehead atoms. The van der Waals surface area contributed by atoms with E-state index >= 15 is 0 Å². The van der Waals surface area contributed by atoms with Crippen LogP contribution in [0.2, 0.25) is 0 Å². The summed E-state index contributed by atoms with van der Waals surface area (Å²) < 4.78 is 11.0. The molecule has 0 aliphatic rings. The minimum Gasteiger partial charge on any atom is -0.490 e. The Bertz CT molecular complexity index is 402. The fourth-order valence-corrected chi connectivity index (χ4v) is 1.50. The Balaban J connectivity index is 0.00000361. The number of halogens is 1. The van der Waals surface area contributed by atoms with Crippen LogP contribution in [0.4, 0.5) is 0 Å². The van der Waals surface area contributed by atoms with Crippen LogP contribution >= 0.6 is 12.4 Å². The van der Waals surface area contributed by atoms with E-state index < -0.39 is 0 Å². The van der Waals surface area contributed by atoms with E-state index in [1.807, 2.05) is 32.2 Å². The fraction of sp³-hybridized carbons (Fsp3) is 0.500. The molecule has 1 N–H and O–H groups in total. The lowest BCUT2D eigenvalue weighted by Gasteiger charge is -2.18. The Morgan fingerprint density at radius 2 is 1.85 bits per heavy atom. The van der Waals surface area contributed by atoms with E-state index in [-0.39, 0.29) is 24.9 Å². The highest BCUT2D eigenvalue weighted by molar-refractivity contribution is 5.85. The lowest BCUT2D eigenvalue weighted by Crippen LogP contribution is -2.35. The van der Waals surface area contributed by atoms with E-state index in [9.17, 15) is 4.79 Å². The molecule has 0 radical (unpaired) electrons. The van der Waals surface area contributed by atoms with Crippen molar-refractivity contribution in [2.75, 3.05) is 40.4 Å². The first-order valence-corrected chi connectivity index (χ1v) is 6.42. The van der Waals surface area contributed by atoms with Crippen LogP contribution in [0.3, 0.4) is 0 Å². The SMILES string of the molecule is CCOc1ccccc1OCC(=O)N(C)CCNC.Cl. The van der Waals surface area contributed by atoms with Crippen molar-refractivity contribution in [3.8, 4) is 11.5 Å². The van der Waals surface area contributed by atoms with Crippen LogP contribution in [0.25, 0.3) is 0 Å². The van der Waals surface area contributed by atoms with E-state index in [1.54, 1.807) is 18.0 Å². The van der Waals surface area contributed by atoms with Gasteiger partial charge in [0.15, 0.2) is 18.1 Å². The number of carbonyl (C=O) groups excluding carboxylic acids is 1. The smallest absolute Gasteiger partial charge is 0.260 e. The van der Waals surface area contributed by atoms with Gasteiger partial charge in [-0.3, -0.25) is 4.79 Å². The first kappa shape index (κ1) is 18.5. The summed E-state index contributed by atoms with van der Waals surface area (Å²) in [4.78, 5) is 13.5. The molecule has 1 aromatic rings. The fourth-order valence-electron chi connectivity index (χ4n) is 1.50. The number of para-hydroxylation sites is 2. The van der Waals surface area contributed by atoms with Gasteiger partial charge in [-0.15, -0.1) is 12.4 Å². The maximum Gasteiger partial charge on any atom is 0.260 e. The third kappa shape index (κ3) is 6.12.